The van der Waals surface area contributed by atoms with Crippen molar-refractivity contribution in [1.82, 2.24) is 4.90 Å². The Labute approximate surface area is 91.0 Å². The highest BCUT2D eigenvalue weighted by atomic mass is 79.9. The maximum Gasteiger partial charge on any atom is 0.0159 e. The van der Waals surface area contributed by atoms with E-state index in [0.717, 1.165) is 17.3 Å². The van der Waals surface area contributed by atoms with E-state index in [1.54, 1.807) is 0 Å². The van der Waals surface area contributed by atoms with E-state index in [2.05, 4.69) is 34.7 Å². The standard InChI is InChI=1S/C11H22BrN/c1-10(2)9-13(8-7-12)11-5-3-4-6-11/h10-11H,3-9H2,1-2H3. The molecule has 0 aliphatic heterocycles. The Kier molecular flexibility index (Phi) is 5.34. The second-order valence-electron chi connectivity index (χ2n) is 4.52. The van der Waals surface area contributed by atoms with Crippen molar-refractivity contribution < 1.29 is 0 Å². The molecule has 0 saturated heterocycles. The van der Waals surface area contributed by atoms with Crippen molar-refractivity contribution in [2.24, 2.45) is 5.92 Å². The third-order valence-corrected chi connectivity index (χ3v) is 3.17. The molecule has 1 aliphatic rings. The summed E-state index contributed by atoms with van der Waals surface area (Å²) in [6.07, 6.45) is 5.75. The van der Waals surface area contributed by atoms with Gasteiger partial charge in [0.15, 0.2) is 0 Å². The molecule has 0 bridgehead atoms. The van der Waals surface area contributed by atoms with E-state index in [-0.39, 0.29) is 0 Å². The van der Waals surface area contributed by atoms with Gasteiger partial charge in [0.2, 0.25) is 0 Å². The summed E-state index contributed by atoms with van der Waals surface area (Å²) in [7, 11) is 0. The summed E-state index contributed by atoms with van der Waals surface area (Å²) >= 11 is 3.55. The van der Waals surface area contributed by atoms with Crippen LogP contribution in [0.15, 0.2) is 0 Å². The highest BCUT2D eigenvalue weighted by Crippen LogP contribution is 2.24. The average molecular weight is 248 g/mol. The Morgan fingerprint density at radius 1 is 1.31 bits per heavy atom. The summed E-state index contributed by atoms with van der Waals surface area (Å²) in [5.74, 6) is 0.805. The third kappa shape index (κ3) is 3.99. The number of alkyl halides is 1. The molecule has 0 aromatic heterocycles. The van der Waals surface area contributed by atoms with Gasteiger partial charge in [-0.2, -0.15) is 0 Å². The zero-order valence-corrected chi connectivity index (χ0v) is 10.5. The highest BCUT2D eigenvalue weighted by Gasteiger charge is 2.22. The first-order chi connectivity index (χ1) is 6.24. The molecule has 0 unspecified atom stereocenters. The summed E-state index contributed by atoms with van der Waals surface area (Å²) in [5, 5.41) is 1.12. The van der Waals surface area contributed by atoms with E-state index in [4.69, 9.17) is 0 Å². The minimum absolute atomic E-state index is 0.805. The van der Waals surface area contributed by atoms with Gasteiger partial charge in [0, 0.05) is 24.5 Å². The number of hydrogen-bond donors (Lipinski definition) is 0. The van der Waals surface area contributed by atoms with E-state index in [1.165, 1.54) is 38.8 Å². The Balaban J connectivity index is 2.35. The third-order valence-electron chi connectivity index (χ3n) is 2.81. The molecule has 1 fully saturated rings. The molecule has 78 valence electrons. The van der Waals surface area contributed by atoms with Crippen LogP contribution in [0.4, 0.5) is 0 Å². The molecule has 1 saturated carbocycles. The van der Waals surface area contributed by atoms with Crippen LogP contribution >= 0.6 is 15.9 Å². The van der Waals surface area contributed by atoms with Crippen LogP contribution in [0.25, 0.3) is 0 Å². The first-order valence-corrected chi connectivity index (χ1v) is 6.66. The Bertz CT molecular complexity index is 130. The molecule has 0 atom stereocenters. The molecule has 0 aromatic rings. The summed E-state index contributed by atoms with van der Waals surface area (Å²) in [4.78, 5) is 2.67. The topological polar surface area (TPSA) is 3.24 Å². The van der Waals surface area contributed by atoms with E-state index < -0.39 is 0 Å². The van der Waals surface area contributed by atoms with Crippen LogP contribution in [0.5, 0.6) is 0 Å². The molecule has 1 nitrogen and oxygen atoms in total. The van der Waals surface area contributed by atoms with Crippen LogP contribution in [-0.2, 0) is 0 Å². The molecular weight excluding hydrogens is 226 g/mol. The van der Waals surface area contributed by atoms with Gasteiger partial charge in [-0.25, -0.2) is 0 Å². The zero-order chi connectivity index (χ0) is 9.68. The largest absolute Gasteiger partial charge is 0.299 e. The first kappa shape index (κ1) is 11.5. The smallest absolute Gasteiger partial charge is 0.0159 e. The number of halogens is 1. The lowest BCUT2D eigenvalue weighted by Gasteiger charge is -2.29. The normalized spacial score (nSPS) is 19.2. The van der Waals surface area contributed by atoms with E-state index >= 15 is 0 Å². The van der Waals surface area contributed by atoms with Crippen molar-refractivity contribution in [3.8, 4) is 0 Å². The van der Waals surface area contributed by atoms with Gasteiger partial charge in [0.1, 0.15) is 0 Å². The summed E-state index contributed by atoms with van der Waals surface area (Å²) in [6.45, 7) is 7.13. The maximum atomic E-state index is 3.55. The predicted molar refractivity (Wildman–Crippen MR) is 62.5 cm³/mol. The fourth-order valence-corrected chi connectivity index (χ4v) is 2.73. The number of nitrogens with zero attached hydrogens (tertiary/aromatic N) is 1. The van der Waals surface area contributed by atoms with Crippen molar-refractivity contribution in [2.75, 3.05) is 18.4 Å². The molecule has 0 radical (unpaired) electrons. The van der Waals surface area contributed by atoms with Gasteiger partial charge in [-0.05, 0) is 18.8 Å². The van der Waals surface area contributed by atoms with Crippen LogP contribution in [0.2, 0.25) is 0 Å². The summed E-state index contributed by atoms with van der Waals surface area (Å²) in [6, 6.07) is 0.889. The van der Waals surface area contributed by atoms with Gasteiger partial charge in [-0.1, -0.05) is 42.6 Å². The van der Waals surface area contributed by atoms with Gasteiger partial charge >= 0.3 is 0 Å². The van der Waals surface area contributed by atoms with Crippen molar-refractivity contribution in [3.05, 3.63) is 0 Å². The lowest BCUT2D eigenvalue weighted by Crippen LogP contribution is -2.37. The molecule has 2 heteroatoms. The monoisotopic (exact) mass is 247 g/mol. The second kappa shape index (κ2) is 6.02. The summed E-state index contributed by atoms with van der Waals surface area (Å²) in [5.41, 5.74) is 0. The van der Waals surface area contributed by atoms with Crippen LogP contribution in [0.3, 0.4) is 0 Å². The molecule has 1 aliphatic carbocycles. The van der Waals surface area contributed by atoms with Gasteiger partial charge in [-0.3, -0.25) is 4.90 Å². The molecule has 0 aromatic carbocycles. The molecule has 0 spiro atoms. The lowest BCUT2D eigenvalue weighted by atomic mass is 10.1. The van der Waals surface area contributed by atoms with Crippen molar-refractivity contribution in [1.29, 1.82) is 0 Å². The molecule has 0 amide bonds. The number of hydrogen-bond acceptors (Lipinski definition) is 1. The zero-order valence-electron chi connectivity index (χ0n) is 8.93. The molecule has 0 heterocycles. The SMILES string of the molecule is CC(C)CN(CCBr)C1CCCC1. The van der Waals surface area contributed by atoms with Crippen LogP contribution < -0.4 is 0 Å². The van der Waals surface area contributed by atoms with E-state index in [0.29, 0.717) is 0 Å². The van der Waals surface area contributed by atoms with Gasteiger partial charge in [0.25, 0.3) is 0 Å². The van der Waals surface area contributed by atoms with Crippen molar-refractivity contribution >= 4 is 15.9 Å². The minimum atomic E-state index is 0.805. The second-order valence-corrected chi connectivity index (χ2v) is 5.31. The average Bonchev–Trinajstić information content (AvgIpc) is 2.54. The van der Waals surface area contributed by atoms with Crippen molar-refractivity contribution in [2.45, 2.75) is 45.6 Å². The van der Waals surface area contributed by atoms with E-state index in [1.807, 2.05) is 0 Å². The molecular formula is C11H22BrN. The van der Waals surface area contributed by atoms with Crippen molar-refractivity contribution in [3.63, 3.8) is 0 Å². The van der Waals surface area contributed by atoms with Gasteiger partial charge < -0.3 is 0 Å². The van der Waals surface area contributed by atoms with Crippen LogP contribution in [0.1, 0.15) is 39.5 Å². The lowest BCUT2D eigenvalue weighted by molar-refractivity contribution is 0.189. The Morgan fingerprint density at radius 3 is 2.38 bits per heavy atom. The van der Waals surface area contributed by atoms with Gasteiger partial charge in [-0.15, -0.1) is 0 Å². The molecule has 13 heavy (non-hydrogen) atoms. The van der Waals surface area contributed by atoms with E-state index in [9.17, 15) is 0 Å². The number of rotatable bonds is 5. The highest BCUT2D eigenvalue weighted by molar-refractivity contribution is 9.09. The van der Waals surface area contributed by atoms with Crippen LogP contribution in [0, 0.1) is 5.92 Å². The van der Waals surface area contributed by atoms with Gasteiger partial charge in [0.05, 0.1) is 0 Å². The maximum absolute atomic E-state index is 3.55. The first-order valence-electron chi connectivity index (χ1n) is 5.54. The quantitative estimate of drug-likeness (QED) is 0.675. The molecule has 1 rings (SSSR count). The molecule has 0 N–H and O–H groups in total. The summed E-state index contributed by atoms with van der Waals surface area (Å²) < 4.78 is 0. The minimum Gasteiger partial charge on any atom is -0.299 e. The predicted octanol–water partition coefficient (Wildman–Crippen LogP) is 3.28. The van der Waals surface area contributed by atoms with Crippen LogP contribution in [-0.4, -0.2) is 29.4 Å². The fourth-order valence-electron chi connectivity index (χ4n) is 2.27. The Hall–Kier alpha value is 0.440. The fraction of sp³-hybridized carbons (Fsp3) is 1.00. The Morgan fingerprint density at radius 2 is 1.92 bits per heavy atom.